The highest BCUT2D eigenvalue weighted by atomic mass is 19.1. The minimum absolute atomic E-state index is 0.191. The normalized spacial score (nSPS) is 10.8. The molecule has 1 nitrogen and oxygen atoms in total. The van der Waals surface area contributed by atoms with Gasteiger partial charge >= 0.3 is 0 Å². The molecule has 20 heavy (non-hydrogen) atoms. The molecule has 0 aliphatic heterocycles. The Hall–Kier alpha value is -1.90. The molecule has 2 aromatic carbocycles. The van der Waals surface area contributed by atoms with Gasteiger partial charge in [0.05, 0.1) is 5.69 Å². The summed E-state index contributed by atoms with van der Waals surface area (Å²) in [6, 6.07) is 11.6. The van der Waals surface area contributed by atoms with E-state index in [0.29, 0.717) is 12.5 Å². The Balaban J connectivity index is 1.98. The Morgan fingerprint density at radius 2 is 1.60 bits per heavy atom. The maximum atomic E-state index is 13.5. The monoisotopic (exact) mass is 275 g/mol. The lowest BCUT2D eigenvalue weighted by Gasteiger charge is -2.09. The van der Waals surface area contributed by atoms with Crippen molar-refractivity contribution in [3.8, 4) is 0 Å². The van der Waals surface area contributed by atoms with Gasteiger partial charge in [0, 0.05) is 6.54 Å². The molecule has 0 saturated carbocycles. The second kappa shape index (κ2) is 6.51. The van der Waals surface area contributed by atoms with Crippen molar-refractivity contribution < 1.29 is 8.78 Å². The lowest BCUT2D eigenvalue weighted by atomic mass is 10.0. The molecule has 0 aliphatic rings. The summed E-state index contributed by atoms with van der Waals surface area (Å²) < 4.78 is 26.5. The Morgan fingerprint density at radius 3 is 2.25 bits per heavy atom. The lowest BCUT2D eigenvalue weighted by molar-refractivity contribution is 0.602. The topological polar surface area (TPSA) is 12.0 Å². The highest BCUT2D eigenvalue weighted by Gasteiger charge is 2.03. The Labute approximate surface area is 118 Å². The van der Waals surface area contributed by atoms with Crippen molar-refractivity contribution in [2.24, 2.45) is 5.92 Å². The summed E-state index contributed by atoms with van der Waals surface area (Å²) in [5.74, 6) is -0.260. The number of hydrogen-bond donors (Lipinski definition) is 1. The Bertz CT molecular complexity index is 562. The third kappa shape index (κ3) is 4.05. The van der Waals surface area contributed by atoms with E-state index in [-0.39, 0.29) is 5.69 Å². The minimum atomic E-state index is -0.443. The Morgan fingerprint density at radius 1 is 0.950 bits per heavy atom. The molecule has 0 fully saturated rings. The van der Waals surface area contributed by atoms with Crippen molar-refractivity contribution in [3.05, 3.63) is 65.2 Å². The number of benzene rings is 2. The van der Waals surface area contributed by atoms with Gasteiger partial charge in [0.15, 0.2) is 0 Å². The SMILES string of the molecule is CC(C)Cc1ccc(CNc2cc(F)ccc2F)cc1. The summed E-state index contributed by atoms with van der Waals surface area (Å²) in [4.78, 5) is 0. The minimum Gasteiger partial charge on any atom is -0.379 e. The zero-order valence-electron chi connectivity index (χ0n) is 11.8. The van der Waals surface area contributed by atoms with Crippen LogP contribution in [-0.2, 0) is 13.0 Å². The van der Waals surface area contributed by atoms with Gasteiger partial charge in [0.1, 0.15) is 11.6 Å². The van der Waals surface area contributed by atoms with Crippen molar-refractivity contribution >= 4 is 5.69 Å². The fraction of sp³-hybridized carbons (Fsp3) is 0.294. The van der Waals surface area contributed by atoms with Gasteiger partial charge in [-0.05, 0) is 41.7 Å². The van der Waals surface area contributed by atoms with Crippen LogP contribution in [0.25, 0.3) is 0 Å². The predicted octanol–water partition coefficient (Wildman–Crippen LogP) is 4.78. The molecule has 0 atom stereocenters. The molecule has 106 valence electrons. The maximum absolute atomic E-state index is 13.5. The first kappa shape index (κ1) is 14.5. The first-order valence-electron chi connectivity index (χ1n) is 6.81. The highest BCUT2D eigenvalue weighted by Crippen LogP contribution is 2.17. The largest absolute Gasteiger partial charge is 0.379 e. The summed E-state index contributed by atoms with van der Waals surface area (Å²) in [5.41, 5.74) is 2.53. The van der Waals surface area contributed by atoms with E-state index < -0.39 is 11.6 Å². The van der Waals surface area contributed by atoms with Crippen molar-refractivity contribution in [3.63, 3.8) is 0 Å². The molecule has 0 aliphatic carbocycles. The average Bonchev–Trinajstić information content (AvgIpc) is 2.41. The summed E-state index contributed by atoms with van der Waals surface area (Å²) >= 11 is 0. The van der Waals surface area contributed by atoms with E-state index in [1.54, 1.807) is 0 Å². The zero-order valence-corrected chi connectivity index (χ0v) is 11.8. The van der Waals surface area contributed by atoms with Crippen LogP contribution in [0.4, 0.5) is 14.5 Å². The number of nitrogens with one attached hydrogen (secondary N) is 1. The number of hydrogen-bond acceptors (Lipinski definition) is 1. The maximum Gasteiger partial charge on any atom is 0.146 e. The highest BCUT2D eigenvalue weighted by molar-refractivity contribution is 5.45. The van der Waals surface area contributed by atoms with Gasteiger partial charge in [0.25, 0.3) is 0 Å². The molecule has 0 unspecified atom stereocenters. The van der Waals surface area contributed by atoms with Crippen molar-refractivity contribution in [1.29, 1.82) is 0 Å². The van der Waals surface area contributed by atoms with Gasteiger partial charge in [-0.25, -0.2) is 8.78 Å². The first-order valence-corrected chi connectivity index (χ1v) is 6.81. The van der Waals surface area contributed by atoms with Crippen LogP contribution in [-0.4, -0.2) is 0 Å². The second-order valence-corrected chi connectivity index (χ2v) is 5.39. The van der Waals surface area contributed by atoms with Crippen molar-refractivity contribution in [2.45, 2.75) is 26.8 Å². The fourth-order valence-electron chi connectivity index (χ4n) is 2.09. The summed E-state index contributed by atoms with van der Waals surface area (Å²) in [5, 5.41) is 2.92. The van der Waals surface area contributed by atoms with Crippen LogP contribution in [0.15, 0.2) is 42.5 Å². The van der Waals surface area contributed by atoms with Crippen LogP contribution in [0, 0.1) is 17.6 Å². The van der Waals surface area contributed by atoms with Crippen LogP contribution in [0.1, 0.15) is 25.0 Å². The van der Waals surface area contributed by atoms with Crippen molar-refractivity contribution in [2.75, 3.05) is 5.32 Å². The molecular formula is C17H19F2N. The van der Waals surface area contributed by atoms with E-state index in [9.17, 15) is 8.78 Å². The van der Waals surface area contributed by atoms with E-state index in [1.165, 1.54) is 11.6 Å². The third-order valence-corrected chi connectivity index (χ3v) is 3.08. The molecule has 0 aromatic heterocycles. The Kier molecular flexibility index (Phi) is 4.72. The number of rotatable bonds is 5. The molecule has 0 saturated heterocycles. The van der Waals surface area contributed by atoms with Crippen LogP contribution < -0.4 is 5.32 Å². The van der Waals surface area contributed by atoms with Gasteiger partial charge < -0.3 is 5.32 Å². The smallest absolute Gasteiger partial charge is 0.146 e. The van der Waals surface area contributed by atoms with Crippen molar-refractivity contribution in [1.82, 2.24) is 0 Å². The standard InChI is InChI=1S/C17H19F2N/c1-12(2)9-13-3-5-14(6-4-13)11-20-17-10-15(18)7-8-16(17)19/h3-8,10,12,20H,9,11H2,1-2H3. The van der Waals surface area contributed by atoms with Crippen LogP contribution in [0.5, 0.6) is 0 Å². The molecule has 1 N–H and O–H groups in total. The van der Waals surface area contributed by atoms with E-state index in [4.69, 9.17) is 0 Å². The predicted molar refractivity (Wildman–Crippen MR) is 78.7 cm³/mol. The van der Waals surface area contributed by atoms with E-state index in [2.05, 4.69) is 31.3 Å². The molecular weight excluding hydrogens is 256 g/mol. The van der Waals surface area contributed by atoms with E-state index in [1.807, 2.05) is 12.1 Å². The molecule has 0 amide bonds. The van der Waals surface area contributed by atoms with E-state index in [0.717, 1.165) is 24.1 Å². The molecule has 3 heteroatoms. The summed E-state index contributed by atoms with van der Waals surface area (Å²) in [7, 11) is 0. The second-order valence-electron chi connectivity index (χ2n) is 5.39. The van der Waals surface area contributed by atoms with E-state index >= 15 is 0 Å². The summed E-state index contributed by atoms with van der Waals surface area (Å²) in [6.45, 7) is 4.84. The van der Waals surface area contributed by atoms with Crippen LogP contribution >= 0.6 is 0 Å². The van der Waals surface area contributed by atoms with Gasteiger partial charge in [0.2, 0.25) is 0 Å². The first-order chi connectivity index (χ1) is 9.54. The quantitative estimate of drug-likeness (QED) is 0.828. The van der Waals surface area contributed by atoms with Gasteiger partial charge in [-0.3, -0.25) is 0 Å². The molecule has 0 radical (unpaired) electrons. The molecule has 0 heterocycles. The van der Waals surface area contributed by atoms with Gasteiger partial charge in [-0.1, -0.05) is 38.1 Å². The molecule has 0 bridgehead atoms. The zero-order chi connectivity index (χ0) is 14.5. The molecule has 0 spiro atoms. The van der Waals surface area contributed by atoms with Gasteiger partial charge in [-0.15, -0.1) is 0 Å². The summed E-state index contributed by atoms with van der Waals surface area (Å²) in [6.07, 6.45) is 1.05. The molecule has 2 aromatic rings. The lowest BCUT2D eigenvalue weighted by Crippen LogP contribution is -2.02. The molecule has 2 rings (SSSR count). The van der Waals surface area contributed by atoms with Gasteiger partial charge in [-0.2, -0.15) is 0 Å². The van der Waals surface area contributed by atoms with Crippen LogP contribution in [0.2, 0.25) is 0 Å². The fourth-order valence-corrected chi connectivity index (χ4v) is 2.09. The van der Waals surface area contributed by atoms with Crippen LogP contribution in [0.3, 0.4) is 0 Å². The number of anilines is 1. The average molecular weight is 275 g/mol. The third-order valence-electron chi connectivity index (χ3n) is 3.08. The number of halogens is 2.